The van der Waals surface area contributed by atoms with Gasteiger partial charge in [0.1, 0.15) is 18.1 Å². The molecule has 0 saturated carbocycles. The van der Waals surface area contributed by atoms with E-state index in [4.69, 9.17) is 4.74 Å². The van der Waals surface area contributed by atoms with Gasteiger partial charge in [0.25, 0.3) is 0 Å². The lowest BCUT2D eigenvalue weighted by molar-refractivity contribution is -0.120. The average molecular weight is 408 g/mol. The summed E-state index contributed by atoms with van der Waals surface area (Å²) in [6.45, 7) is 5.16. The number of benzene rings is 2. The average Bonchev–Trinajstić information content (AvgIpc) is 2.59. The number of carbonyl (C=O) groups is 1. The first kappa shape index (κ1) is 21.7. The summed E-state index contributed by atoms with van der Waals surface area (Å²) in [5.41, 5.74) is 1.08. The maximum atomic E-state index is 13.0. The second kappa shape index (κ2) is 9.05. The number of halogens is 1. The van der Waals surface area contributed by atoms with E-state index in [1.165, 1.54) is 12.1 Å². The quantitative estimate of drug-likeness (QED) is 0.728. The molecule has 0 heterocycles. The lowest BCUT2D eigenvalue weighted by atomic mass is 10.1. The van der Waals surface area contributed by atoms with Crippen LogP contribution >= 0.6 is 0 Å². The molecule has 0 fully saturated rings. The molecular weight excluding hydrogens is 383 g/mol. The molecule has 0 radical (unpaired) electrons. The summed E-state index contributed by atoms with van der Waals surface area (Å²) in [5.74, 6) is -0.221. The summed E-state index contributed by atoms with van der Waals surface area (Å²) < 4.78 is 44.0. The molecule has 2 aromatic carbocycles. The summed E-state index contributed by atoms with van der Waals surface area (Å²) in [5, 5.41) is 2.73. The molecule has 0 saturated heterocycles. The minimum atomic E-state index is -3.67. The molecule has 28 heavy (non-hydrogen) atoms. The van der Waals surface area contributed by atoms with Crippen molar-refractivity contribution in [2.45, 2.75) is 32.9 Å². The highest BCUT2D eigenvalue weighted by atomic mass is 32.2. The van der Waals surface area contributed by atoms with Crippen LogP contribution in [0.1, 0.15) is 32.4 Å². The van der Waals surface area contributed by atoms with Gasteiger partial charge < -0.3 is 10.1 Å². The number of nitrogens with one attached hydrogen (secondary N) is 1. The molecule has 0 unspecified atom stereocenters. The zero-order valence-corrected chi connectivity index (χ0v) is 17.2. The molecule has 1 atom stereocenters. The van der Waals surface area contributed by atoms with Crippen molar-refractivity contribution < 1.29 is 22.3 Å². The Hall–Kier alpha value is -2.61. The molecule has 1 N–H and O–H groups in total. The molecule has 1 amide bonds. The van der Waals surface area contributed by atoms with Crippen molar-refractivity contribution in [1.29, 1.82) is 0 Å². The zero-order chi connectivity index (χ0) is 20.9. The van der Waals surface area contributed by atoms with Crippen LogP contribution in [0.2, 0.25) is 0 Å². The Morgan fingerprint density at radius 2 is 1.64 bits per heavy atom. The number of amides is 1. The highest BCUT2D eigenvalue weighted by Gasteiger charge is 2.22. The third kappa shape index (κ3) is 6.23. The Balaban J connectivity index is 2.11. The minimum absolute atomic E-state index is 0.00409. The number of carbonyl (C=O) groups excluding carboxylic acids is 1. The molecule has 6 nitrogen and oxygen atoms in total. The predicted molar refractivity (Wildman–Crippen MR) is 107 cm³/mol. The number of rotatable bonds is 8. The molecule has 0 aliphatic carbocycles. The fourth-order valence-electron chi connectivity index (χ4n) is 2.62. The van der Waals surface area contributed by atoms with Crippen LogP contribution < -0.4 is 14.4 Å². The normalized spacial score (nSPS) is 12.5. The van der Waals surface area contributed by atoms with E-state index in [9.17, 15) is 17.6 Å². The molecule has 8 heteroatoms. The number of nitrogens with zero attached hydrogens (tertiary/aromatic N) is 1. The van der Waals surface area contributed by atoms with Crippen molar-refractivity contribution in [1.82, 2.24) is 5.32 Å². The van der Waals surface area contributed by atoms with Crippen molar-refractivity contribution in [2.75, 3.05) is 17.1 Å². The second-order valence-electron chi connectivity index (χ2n) is 6.77. The SMILES string of the molecule is CC(C)Oc1ccc(N(CC(=O)N[C@H](C)c2ccc(F)cc2)S(C)(=O)=O)cc1. The number of sulfonamides is 1. The van der Waals surface area contributed by atoms with Crippen LogP contribution in [-0.4, -0.2) is 33.2 Å². The number of ether oxygens (including phenoxy) is 1. The highest BCUT2D eigenvalue weighted by molar-refractivity contribution is 7.92. The first-order valence-corrected chi connectivity index (χ1v) is 10.7. The van der Waals surface area contributed by atoms with Crippen LogP contribution in [0.15, 0.2) is 48.5 Å². The van der Waals surface area contributed by atoms with Gasteiger partial charge in [-0.25, -0.2) is 12.8 Å². The first-order chi connectivity index (χ1) is 13.1. The molecule has 0 aliphatic heterocycles. The van der Waals surface area contributed by atoms with E-state index in [2.05, 4.69) is 5.32 Å². The van der Waals surface area contributed by atoms with Gasteiger partial charge in [-0.15, -0.1) is 0 Å². The topological polar surface area (TPSA) is 75.7 Å². The molecule has 0 aromatic heterocycles. The van der Waals surface area contributed by atoms with Crippen LogP contribution in [0.3, 0.4) is 0 Å². The summed E-state index contributed by atoms with van der Waals surface area (Å²) in [6.07, 6.45) is 1.04. The van der Waals surface area contributed by atoms with Crippen molar-refractivity contribution in [3.05, 3.63) is 59.9 Å². The number of anilines is 1. The molecule has 152 valence electrons. The lowest BCUT2D eigenvalue weighted by Gasteiger charge is -2.23. The predicted octanol–water partition coefficient (Wildman–Crippen LogP) is 3.26. The van der Waals surface area contributed by atoms with Crippen molar-refractivity contribution in [2.24, 2.45) is 0 Å². The fraction of sp³-hybridized carbons (Fsp3) is 0.350. The van der Waals surface area contributed by atoms with E-state index in [0.717, 1.165) is 16.1 Å². The van der Waals surface area contributed by atoms with Gasteiger partial charge in [0, 0.05) is 0 Å². The molecular formula is C20H25FN2O4S. The largest absolute Gasteiger partial charge is 0.491 e. The first-order valence-electron chi connectivity index (χ1n) is 8.85. The van der Waals surface area contributed by atoms with E-state index >= 15 is 0 Å². The van der Waals surface area contributed by atoms with Gasteiger partial charge in [0.2, 0.25) is 15.9 Å². The lowest BCUT2D eigenvalue weighted by Crippen LogP contribution is -2.41. The smallest absolute Gasteiger partial charge is 0.241 e. The Kier molecular flexibility index (Phi) is 7.01. The van der Waals surface area contributed by atoms with Gasteiger partial charge in [0.05, 0.1) is 24.1 Å². The van der Waals surface area contributed by atoms with Crippen molar-refractivity contribution >= 4 is 21.6 Å². The third-order valence-electron chi connectivity index (χ3n) is 3.93. The van der Waals surface area contributed by atoms with Crippen molar-refractivity contribution in [3.63, 3.8) is 0 Å². The standard InChI is InChI=1S/C20H25FN2O4S/c1-14(2)27-19-11-9-18(10-12-19)23(28(4,25)26)13-20(24)22-15(3)16-5-7-17(21)8-6-16/h5-12,14-15H,13H2,1-4H3,(H,22,24)/t15-/m1/s1. The molecule has 2 rings (SSSR count). The van der Waals surface area contributed by atoms with Crippen molar-refractivity contribution in [3.8, 4) is 5.75 Å². The third-order valence-corrected chi connectivity index (χ3v) is 5.07. The Bertz CT molecular complexity index is 897. The Labute approximate surface area is 165 Å². The Morgan fingerprint density at radius 1 is 1.07 bits per heavy atom. The van der Waals surface area contributed by atoms with E-state index < -0.39 is 22.0 Å². The van der Waals surface area contributed by atoms with Crippen LogP contribution in [-0.2, 0) is 14.8 Å². The van der Waals surface area contributed by atoms with Crippen LogP contribution in [0.4, 0.5) is 10.1 Å². The second-order valence-corrected chi connectivity index (χ2v) is 8.68. The van der Waals surface area contributed by atoms with E-state index in [0.29, 0.717) is 11.4 Å². The molecule has 0 bridgehead atoms. The maximum Gasteiger partial charge on any atom is 0.241 e. The molecule has 2 aromatic rings. The van der Waals surface area contributed by atoms with Gasteiger partial charge in [-0.3, -0.25) is 9.10 Å². The van der Waals surface area contributed by atoms with Crippen LogP contribution in [0.25, 0.3) is 0 Å². The fourth-order valence-corrected chi connectivity index (χ4v) is 3.47. The minimum Gasteiger partial charge on any atom is -0.491 e. The van der Waals surface area contributed by atoms with E-state index in [1.54, 1.807) is 43.3 Å². The number of hydrogen-bond donors (Lipinski definition) is 1. The van der Waals surface area contributed by atoms with Crippen LogP contribution in [0.5, 0.6) is 5.75 Å². The number of hydrogen-bond acceptors (Lipinski definition) is 4. The van der Waals surface area contributed by atoms with E-state index in [-0.39, 0.29) is 18.5 Å². The Morgan fingerprint density at radius 3 is 2.14 bits per heavy atom. The summed E-state index contributed by atoms with van der Waals surface area (Å²) in [7, 11) is -3.67. The summed E-state index contributed by atoms with van der Waals surface area (Å²) >= 11 is 0. The summed E-state index contributed by atoms with van der Waals surface area (Å²) in [6, 6.07) is 11.9. The zero-order valence-electron chi connectivity index (χ0n) is 16.3. The van der Waals surface area contributed by atoms with Gasteiger partial charge in [0.15, 0.2) is 0 Å². The molecule has 0 spiro atoms. The maximum absolute atomic E-state index is 13.0. The summed E-state index contributed by atoms with van der Waals surface area (Å²) in [4.78, 5) is 12.4. The highest BCUT2D eigenvalue weighted by Crippen LogP contribution is 2.22. The van der Waals surface area contributed by atoms with Crippen LogP contribution in [0, 0.1) is 5.82 Å². The van der Waals surface area contributed by atoms with Gasteiger partial charge in [-0.05, 0) is 62.7 Å². The van der Waals surface area contributed by atoms with Gasteiger partial charge in [-0.1, -0.05) is 12.1 Å². The molecule has 0 aliphatic rings. The van der Waals surface area contributed by atoms with E-state index in [1.807, 2.05) is 13.8 Å². The van der Waals surface area contributed by atoms with Gasteiger partial charge >= 0.3 is 0 Å². The monoisotopic (exact) mass is 408 g/mol. The van der Waals surface area contributed by atoms with Gasteiger partial charge in [-0.2, -0.15) is 0 Å².